The lowest BCUT2D eigenvalue weighted by Gasteiger charge is -2.16. The molecule has 0 amide bonds. The zero-order valence-corrected chi connectivity index (χ0v) is 11.1. The van der Waals surface area contributed by atoms with Crippen LogP contribution in [-0.4, -0.2) is 19.7 Å². The molecule has 3 rings (SSSR count). The van der Waals surface area contributed by atoms with Crippen molar-refractivity contribution in [2.24, 2.45) is 5.92 Å². The van der Waals surface area contributed by atoms with Gasteiger partial charge in [0, 0.05) is 23.0 Å². The molecule has 0 spiro atoms. The van der Waals surface area contributed by atoms with Crippen molar-refractivity contribution in [3.05, 3.63) is 27.2 Å². The molecule has 86 valence electrons. The first-order chi connectivity index (χ1) is 7.75. The van der Waals surface area contributed by atoms with Crippen LogP contribution in [0.3, 0.4) is 0 Å². The molecule has 0 bridgehead atoms. The van der Waals surface area contributed by atoms with E-state index in [1.165, 1.54) is 5.56 Å². The fourth-order valence-corrected chi connectivity index (χ4v) is 3.67. The van der Waals surface area contributed by atoms with E-state index in [-0.39, 0.29) is 0 Å². The first kappa shape index (κ1) is 10.9. The molecule has 16 heavy (non-hydrogen) atoms. The number of nitrogens with one attached hydrogen (secondary N) is 1. The molecule has 2 aliphatic rings. The molecular formula is C12H13BrClNO. The summed E-state index contributed by atoms with van der Waals surface area (Å²) in [4.78, 5) is 0. The van der Waals surface area contributed by atoms with Gasteiger partial charge in [0.15, 0.2) is 0 Å². The Labute approximate surface area is 108 Å². The highest BCUT2D eigenvalue weighted by Crippen LogP contribution is 2.43. The summed E-state index contributed by atoms with van der Waals surface area (Å²) in [7, 11) is 0. The van der Waals surface area contributed by atoms with Crippen LogP contribution in [0.4, 0.5) is 0 Å². The van der Waals surface area contributed by atoms with Crippen molar-refractivity contribution in [1.82, 2.24) is 5.32 Å². The molecule has 1 fully saturated rings. The van der Waals surface area contributed by atoms with Crippen LogP contribution in [-0.2, 0) is 0 Å². The molecule has 0 saturated carbocycles. The fourth-order valence-electron chi connectivity index (χ4n) is 2.72. The van der Waals surface area contributed by atoms with Crippen LogP contribution in [0, 0.1) is 5.92 Å². The molecule has 0 aromatic heterocycles. The third kappa shape index (κ3) is 1.75. The van der Waals surface area contributed by atoms with Gasteiger partial charge in [-0.15, -0.1) is 0 Å². The minimum atomic E-state index is 0.549. The van der Waals surface area contributed by atoms with E-state index in [4.69, 9.17) is 16.3 Å². The minimum absolute atomic E-state index is 0.549. The Hall–Kier alpha value is -0.250. The number of hydrogen-bond donors (Lipinski definition) is 1. The number of benzene rings is 1. The van der Waals surface area contributed by atoms with Crippen molar-refractivity contribution in [2.45, 2.75) is 12.3 Å². The van der Waals surface area contributed by atoms with E-state index in [1.807, 2.05) is 6.07 Å². The van der Waals surface area contributed by atoms with E-state index in [0.717, 1.165) is 41.4 Å². The normalized spacial score (nSPS) is 27.9. The highest BCUT2D eigenvalue weighted by Gasteiger charge is 2.33. The second-order valence-corrected chi connectivity index (χ2v) is 5.76. The second-order valence-electron chi connectivity index (χ2n) is 4.47. The van der Waals surface area contributed by atoms with Gasteiger partial charge in [-0.1, -0.05) is 11.6 Å². The summed E-state index contributed by atoms with van der Waals surface area (Å²) in [6.07, 6.45) is 1.12. The highest BCUT2D eigenvalue weighted by atomic mass is 79.9. The molecule has 2 nitrogen and oxygen atoms in total. The lowest BCUT2D eigenvalue weighted by molar-refractivity contribution is 0.295. The monoisotopic (exact) mass is 301 g/mol. The van der Waals surface area contributed by atoms with E-state index in [9.17, 15) is 0 Å². The molecule has 0 aliphatic carbocycles. The molecule has 4 heteroatoms. The molecular weight excluding hydrogens is 289 g/mol. The maximum Gasteiger partial charge on any atom is 0.137 e. The maximum atomic E-state index is 6.12. The summed E-state index contributed by atoms with van der Waals surface area (Å²) in [5.41, 5.74) is 1.26. The first-order valence-electron chi connectivity index (χ1n) is 5.58. The summed E-state index contributed by atoms with van der Waals surface area (Å²) in [5, 5.41) is 4.24. The van der Waals surface area contributed by atoms with Crippen molar-refractivity contribution in [2.75, 3.05) is 19.7 Å². The van der Waals surface area contributed by atoms with Gasteiger partial charge in [-0.2, -0.15) is 0 Å². The van der Waals surface area contributed by atoms with Crippen molar-refractivity contribution >= 4 is 27.5 Å². The number of fused-ring (bicyclic) bond motifs is 3. The molecule has 1 N–H and O–H groups in total. The Morgan fingerprint density at radius 3 is 3.12 bits per heavy atom. The van der Waals surface area contributed by atoms with E-state index in [2.05, 4.69) is 27.3 Å². The summed E-state index contributed by atoms with van der Waals surface area (Å²) in [5.74, 6) is 2.22. The van der Waals surface area contributed by atoms with Gasteiger partial charge in [0.25, 0.3) is 0 Å². The minimum Gasteiger partial charge on any atom is -0.492 e. The third-order valence-electron chi connectivity index (χ3n) is 3.51. The molecule has 2 heterocycles. The average molecular weight is 303 g/mol. The van der Waals surface area contributed by atoms with Gasteiger partial charge < -0.3 is 10.1 Å². The van der Waals surface area contributed by atoms with Gasteiger partial charge in [-0.25, -0.2) is 0 Å². The predicted octanol–water partition coefficient (Wildman–Crippen LogP) is 3.19. The molecule has 0 radical (unpaired) electrons. The summed E-state index contributed by atoms with van der Waals surface area (Å²) < 4.78 is 6.81. The SMILES string of the molecule is Clc1cc(Br)c2c(c1)[C@H]1CNC[C@@H]1CCO2. The Morgan fingerprint density at radius 1 is 1.38 bits per heavy atom. The van der Waals surface area contributed by atoms with E-state index >= 15 is 0 Å². The second kappa shape index (κ2) is 4.21. The summed E-state index contributed by atoms with van der Waals surface area (Å²) in [6.45, 7) is 2.93. The fraction of sp³-hybridized carbons (Fsp3) is 0.500. The van der Waals surface area contributed by atoms with Crippen molar-refractivity contribution < 1.29 is 4.74 Å². The number of rotatable bonds is 0. The Bertz CT molecular complexity index is 424. The summed E-state index contributed by atoms with van der Waals surface area (Å²) in [6, 6.07) is 3.96. The van der Waals surface area contributed by atoms with E-state index < -0.39 is 0 Å². The van der Waals surface area contributed by atoms with Crippen LogP contribution in [0.25, 0.3) is 0 Å². The van der Waals surface area contributed by atoms with Gasteiger partial charge >= 0.3 is 0 Å². The predicted molar refractivity (Wildman–Crippen MR) is 68.4 cm³/mol. The summed E-state index contributed by atoms with van der Waals surface area (Å²) >= 11 is 9.65. The van der Waals surface area contributed by atoms with Crippen LogP contribution >= 0.6 is 27.5 Å². The quantitative estimate of drug-likeness (QED) is 0.795. The molecule has 1 saturated heterocycles. The van der Waals surface area contributed by atoms with Crippen molar-refractivity contribution in [1.29, 1.82) is 0 Å². The van der Waals surface area contributed by atoms with E-state index in [1.54, 1.807) is 0 Å². The Morgan fingerprint density at radius 2 is 2.25 bits per heavy atom. The molecule has 1 aromatic carbocycles. The zero-order chi connectivity index (χ0) is 11.1. The standard InChI is InChI=1S/C12H13BrClNO/c13-11-4-8(14)3-9-10-6-15-5-7(10)1-2-16-12(9)11/h3-4,7,10,15H,1-2,5-6H2/t7-,10-/m0/s1. The topological polar surface area (TPSA) is 21.3 Å². The molecule has 0 unspecified atom stereocenters. The first-order valence-corrected chi connectivity index (χ1v) is 6.75. The molecule has 2 aliphatic heterocycles. The average Bonchev–Trinajstić information content (AvgIpc) is 2.62. The molecule has 1 aromatic rings. The number of ether oxygens (including phenoxy) is 1. The van der Waals surface area contributed by atoms with Crippen molar-refractivity contribution in [3.63, 3.8) is 0 Å². The number of hydrogen-bond acceptors (Lipinski definition) is 2. The van der Waals surface area contributed by atoms with Gasteiger partial charge in [0.2, 0.25) is 0 Å². The van der Waals surface area contributed by atoms with Crippen LogP contribution in [0.1, 0.15) is 17.9 Å². The van der Waals surface area contributed by atoms with Gasteiger partial charge in [-0.3, -0.25) is 0 Å². The van der Waals surface area contributed by atoms with Gasteiger partial charge in [0.05, 0.1) is 11.1 Å². The Kier molecular flexibility index (Phi) is 2.86. The highest BCUT2D eigenvalue weighted by molar-refractivity contribution is 9.10. The Balaban J connectivity index is 2.12. The maximum absolute atomic E-state index is 6.12. The largest absolute Gasteiger partial charge is 0.492 e. The smallest absolute Gasteiger partial charge is 0.137 e. The van der Waals surface area contributed by atoms with Crippen LogP contribution in [0.15, 0.2) is 16.6 Å². The van der Waals surface area contributed by atoms with Crippen LogP contribution in [0.2, 0.25) is 5.02 Å². The lowest BCUT2D eigenvalue weighted by Crippen LogP contribution is -2.11. The van der Waals surface area contributed by atoms with E-state index in [0.29, 0.717) is 11.8 Å². The van der Waals surface area contributed by atoms with Gasteiger partial charge in [0.1, 0.15) is 5.75 Å². The zero-order valence-electron chi connectivity index (χ0n) is 8.80. The molecule has 2 atom stereocenters. The van der Waals surface area contributed by atoms with Crippen LogP contribution < -0.4 is 10.1 Å². The lowest BCUT2D eigenvalue weighted by atomic mass is 9.87. The third-order valence-corrected chi connectivity index (χ3v) is 4.32. The van der Waals surface area contributed by atoms with Crippen molar-refractivity contribution in [3.8, 4) is 5.75 Å². The van der Waals surface area contributed by atoms with Crippen LogP contribution in [0.5, 0.6) is 5.75 Å². The van der Waals surface area contributed by atoms with Gasteiger partial charge in [-0.05, 0) is 46.9 Å². The number of halogens is 2.